The number of hydrogen-bond acceptors (Lipinski definition) is 3. The van der Waals surface area contributed by atoms with Crippen LogP contribution in [0.4, 0.5) is 0 Å². The van der Waals surface area contributed by atoms with E-state index in [-0.39, 0.29) is 0 Å². The third-order valence-corrected chi connectivity index (χ3v) is 5.28. The average molecular weight is 317 g/mol. The number of rotatable bonds is 5. The van der Waals surface area contributed by atoms with Gasteiger partial charge in [-0.1, -0.05) is 17.7 Å². The summed E-state index contributed by atoms with van der Waals surface area (Å²) in [5, 5.41) is 4.17. The molecule has 0 unspecified atom stereocenters. The molecule has 0 saturated carbocycles. The molecule has 1 aromatic carbocycles. The molecule has 112 valence electrons. The molecule has 1 aromatic rings. The van der Waals surface area contributed by atoms with Gasteiger partial charge in [0.25, 0.3) is 0 Å². The smallest absolute Gasteiger partial charge is 0.211 e. The molecule has 0 radical (unpaired) electrons. The predicted molar refractivity (Wildman–Crippen MR) is 82.4 cm³/mol. The van der Waals surface area contributed by atoms with Gasteiger partial charge < -0.3 is 5.32 Å². The maximum Gasteiger partial charge on any atom is 0.211 e. The molecule has 20 heavy (non-hydrogen) atoms. The van der Waals surface area contributed by atoms with Crippen molar-refractivity contribution in [1.29, 1.82) is 0 Å². The molecule has 1 saturated heterocycles. The highest BCUT2D eigenvalue weighted by Crippen LogP contribution is 2.19. The molecule has 1 N–H and O–H groups in total. The lowest BCUT2D eigenvalue weighted by atomic mass is 10.1. The molecule has 1 atom stereocenters. The second-order valence-electron chi connectivity index (χ2n) is 5.48. The Bertz CT molecular complexity index is 575. The molecule has 1 aliphatic rings. The lowest BCUT2D eigenvalue weighted by molar-refractivity contribution is 0.448. The van der Waals surface area contributed by atoms with Gasteiger partial charge in [0.1, 0.15) is 0 Å². The van der Waals surface area contributed by atoms with Crippen molar-refractivity contribution in [2.24, 2.45) is 5.92 Å². The Hall–Kier alpha value is -0.620. The van der Waals surface area contributed by atoms with Crippen molar-refractivity contribution in [3.05, 3.63) is 34.3 Å². The van der Waals surface area contributed by atoms with Crippen molar-refractivity contribution < 1.29 is 8.42 Å². The Morgan fingerprint density at radius 3 is 2.80 bits per heavy atom. The van der Waals surface area contributed by atoms with Gasteiger partial charge in [0.05, 0.1) is 6.26 Å². The van der Waals surface area contributed by atoms with Gasteiger partial charge in [-0.2, -0.15) is 0 Å². The molecule has 2 rings (SSSR count). The predicted octanol–water partition coefficient (Wildman–Crippen LogP) is 2.02. The van der Waals surface area contributed by atoms with E-state index in [1.165, 1.54) is 17.4 Å². The van der Waals surface area contributed by atoms with Crippen molar-refractivity contribution >= 4 is 21.6 Å². The number of aryl methyl sites for hydroxylation is 1. The minimum atomic E-state index is -3.03. The second-order valence-corrected chi connectivity index (χ2v) is 7.90. The molecule has 1 aliphatic heterocycles. The number of sulfonamides is 1. The highest BCUT2D eigenvalue weighted by Gasteiger charge is 2.27. The largest absolute Gasteiger partial charge is 0.312 e. The summed E-state index contributed by atoms with van der Waals surface area (Å²) in [6.45, 7) is 4.95. The van der Waals surface area contributed by atoms with Crippen LogP contribution in [0.3, 0.4) is 0 Å². The first-order valence-electron chi connectivity index (χ1n) is 6.77. The SMILES string of the molecule is Cc1cc(Cl)ccc1CNC[C@@H]1CCN(S(C)(=O)=O)C1. The van der Waals surface area contributed by atoms with E-state index in [0.29, 0.717) is 19.0 Å². The zero-order valence-electron chi connectivity index (χ0n) is 11.9. The number of nitrogens with one attached hydrogen (secondary N) is 1. The number of nitrogens with zero attached hydrogens (tertiary/aromatic N) is 1. The van der Waals surface area contributed by atoms with Crippen LogP contribution in [-0.4, -0.2) is 38.6 Å². The molecular formula is C14H21ClN2O2S. The van der Waals surface area contributed by atoms with Crippen LogP contribution in [0.25, 0.3) is 0 Å². The lowest BCUT2D eigenvalue weighted by Gasteiger charge is -2.14. The summed E-state index contributed by atoms with van der Waals surface area (Å²) in [5.74, 6) is 0.400. The number of hydrogen-bond donors (Lipinski definition) is 1. The molecule has 0 aromatic heterocycles. The Balaban J connectivity index is 1.80. The summed E-state index contributed by atoms with van der Waals surface area (Å²) < 4.78 is 24.5. The summed E-state index contributed by atoms with van der Waals surface area (Å²) in [6, 6.07) is 5.88. The fraction of sp³-hybridized carbons (Fsp3) is 0.571. The maximum atomic E-state index is 11.4. The van der Waals surface area contributed by atoms with Gasteiger partial charge in [-0.3, -0.25) is 0 Å². The van der Waals surface area contributed by atoms with Crippen LogP contribution in [0.2, 0.25) is 5.02 Å². The molecule has 1 heterocycles. The molecule has 0 aliphatic carbocycles. The molecule has 0 spiro atoms. The molecule has 4 nitrogen and oxygen atoms in total. The topological polar surface area (TPSA) is 49.4 Å². The van der Waals surface area contributed by atoms with E-state index in [1.54, 1.807) is 4.31 Å². The van der Waals surface area contributed by atoms with Crippen molar-refractivity contribution in [2.75, 3.05) is 25.9 Å². The van der Waals surface area contributed by atoms with E-state index in [1.807, 2.05) is 25.1 Å². The van der Waals surface area contributed by atoms with E-state index in [9.17, 15) is 8.42 Å². The number of benzene rings is 1. The molecular weight excluding hydrogens is 296 g/mol. The molecule has 1 fully saturated rings. The minimum absolute atomic E-state index is 0.400. The Labute approximate surface area is 126 Å². The van der Waals surface area contributed by atoms with Crippen LogP contribution in [0.5, 0.6) is 0 Å². The van der Waals surface area contributed by atoms with Gasteiger partial charge in [0, 0.05) is 24.7 Å². The number of halogens is 1. The highest BCUT2D eigenvalue weighted by molar-refractivity contribution is 7.88. The van der Waals surface area contributed by atoms with E-state index in [4.69, 9.17) is 11.6 Å². The van der Waals surface area contributed by atoms with Gasteiger partial charge in [-0.25, -0.2) is 12.7 Å². The van der Waals surface area contributed by atoms with Crippen molar-refractivity contribution in [3.8, 4) is 0 Å². The average Bonchev–Trinajstić information content (AvgIpc) is 2.80. The lowest BCUT2D eigenvalue weighted by Crippen LogP contribution is -2.30. The minimum Gasteiger partial charge on any atom is -0.312 e. The van der Waals surface area contributed by atoms with Gasteiger partial charge in [-0.15, -0.1) is 0 Å². The summed E-state index contributed by atoms with van der Waals surface area (Å²) in [5.41, 5.74) is 2.40. The van der Waals surface area contributed by atoms with Gasteiger partial charge >= 0.3 is 0 Å². The summed E-state index contributed by atoms with van der Waals surface area (Å²) in [6.07, 6.45) is 2.21. The van der Waals surface area contributed by atoms with E-state index >= 15 is 0 Å². The van der Waals surface area contributed by atoms with E-state index < -0.39 is 10.0 Å². The van der Waals surface area contributed by atoms with Crippen molar-refractivity contribution in [2.45, 2.75) is 19.9 Å². The van der Waals surface area contributed by atoms with Crippen LogP contribution < -0.4 is 5.32 Å². The third kappa shape index (κ3) is 4.19. The third-order valence-electron chi connectivity index (χ3n) is 3.77. The van der Waals surface area contributed by atoms with Crippen LogP contribution >= 0.6 is 11.6 Å². The summed E-state index contributed by atoms with van der Waals surface area (Å²) >= 11 is 5.93. The quantitative estimate of drug-likeness (QED) is 0.904. The van der Waals surface area contributed by atoms with Crippen LogP contribution in [0.15, 0.2) is 18.2 Å². The normalized spacial score (nSPS) is 20.4. The van der Waals surface area contributed by atoms with E-state index in [0.717, 1.165) is 24.5 Å². The van der Waals surface area contributed by atoms with Gasteiger partial charge in [-0.05, 0) is 49.1 Å². The Morgan fingerprint density at radius 2 is 2.20 bits per heavy atom. The monoisotopic (exact) mass is 316 g/mol. The Kier molecular flexibility index (Phi) is 5.07. The first-order valence-corrected chi connectivity index (χ1v) is 9.00. The van der Waals surface area contributed by atoms with Crippen LogP contribution in [0.1, 0.15) is 17.5 Å². The molecule has 6 heteroatoms. The fourth-order valence-corrected chi connectivity index (χ4v) is 3.68. The van der Waals surface area contributed by atoms with Crippen LogP contribution in [-0.2, 0) is 16.6 Å². The van der Waals surface area contributed by atoms with Crippen molar-refractivity contribution in [1.82, 2.24) is 9.62 Å². The zero-order valence-corrected chi connectivity index (χ0v) is 13.5. The standard InChI is InChI=1S/C14H21ClN2O2S/c1-11-7-14(15)4-3-13(11)9-16-8-12-5-6-17(10-12)20(2,18)19/h3-4,7,12,16H,5-6,8-10H2,1-2H3/t12-/m0/s1. The molecule has 0 amide bonds. The van der Waals surface area contributed by atoms with Crippen molar-refractivity contribution in [3.63, 3.8) is 0 Å². The summed E-state index contributed by atoms with van der Waals surface area (Å²) in [7, 11) is -3.03. The summed E-state index contributed by atoms with van der Waals surface area (Å²) in [4.78, 5) is 0. The fourth-order valence-electron chi connectivity index (χ4n) is 2.53. The van der Waals surface area contributed by atoms with E-state index in [2.05, 4.69) is 5.32 Å². The first-order chi connectivity index (χ1) is 9.36. The maximum absolute atomic E-state index is 11.4. The Morgan fingerprint density at radius 1 is 1.45 bits per heavy atom. The highest BCUT2D eigenvalue weighted by atomic mass is 35.5. The first kappa shape index (κ1) is 15.8. The van der Waals surface area contributed by atoms with Gasteiger partial charge in [0.2, 0.25) is 10.0 Å². The zero-order chi connectivity index (χ0) is 14.8. The second kappa shape index (κ2) is 6.43. The molecule has 0 bridgehead atoms. The van der Waals surface area contributed by atoms with Gasteiger partial charge in [0.15, 0.2) is 0 Å². The van der Waals surface area contributed by atoms with Crippen LogP contribution in [0, 0.1) is 12.8 Å².